The van der Waals surface area contributed by atoms with Crippen LogP contribution < -0.4 is 11.1 Å². The van der Waals surface area contributed by atoms with Crippen molar-refractivity contribution in [3.05, 3.63) is 11.3 Å². The van der Waals surface area contributed by atoms with Crippen LogP contribution in [0.4, 0.5) is 5.00 Å². The quantitative estimate of drug-likeness (QED) is 0.689. The maximum absolute atomic E-state index is 11.6. The third kappa shape index (κ3) is 3.22. The lowest BCUT2D eigenvalue weighted by Gasteiger charge is -2.10. The first kappa shape index (κ1) is 13.6. The van der Waals surface area contributed by atoms with Crippen LogP contribution >= 0.6 is 11.5 Å². The van der Waals surface area contributed by atoms with E-state index in [2.05, 4.69) is 9.69 Å². The normalized spacial score (nSPS) is 12.2. The number of aromatic carboxylic acids is 1. The molecule has 0 saturated heterocycles. The number of hydrogen-bond acceptors (Lipinski definition) is 6. The lowest BCUT2D eigenvalue weighted by molar-refractivity contribution is -0.118. The molecule has 1 amide bonds. The Bertz CT molecular complexity index is 432. The average Bonchev–Trinajstić information content (AvgIpc) is 2.60. The van der Waals surface area contributed by atoms with Gasteiger partial charge in [0.25, 0.3) is 0 Å². The van der Waals surface area contributed by atoms with Gasteiger partial charge in [-0.2, -0.15) is 4.37 Å². The van der Waals surface area contributed by atoms with E-state index in [9.17, 15) is 9.59 Å². The molecule has 4 N–H and O–H groups in total. The zero-order valence-corrected chi connectivity index (χ0v) is 10.2. The van der Waals surface area contributed by atoms with Crippen LogP contribution in [0.15, 0.2) is 0 Å². The van der Waals surface area contributed by atoms with Crippen LogP contribution in [0.2, 0.25) is 0 Å². The van der Waals surface area contributed by atoms with E-state index in [4.69, 9.17) is 15.6 Å². The maximum atomic E-state index is 11.6. The van der Waals surface area contributed by atoms with Gasteiger partial charge in [-0.05, 0) is 18.5 Å². The Hall–Kier alpha value is -1.51. The number of aryl methyl sites for hydroxylation is 1. The molecule has 8 heteroatoms. The Balaban J connectivity index is 2.82. The summed E-state index contributed by atoms with van der Waals surface area (Å²) in [6, 6.07) is -0.843. The highest BCUT2D eigenvalue weighted by Crippen LogP contribution is 2.24. The van der Waals surface area contributed by atoms with Crippen LogP contribution in [0, 0.1) is 6.92 Å². The standard InChI is InChI=1S/C9H13N3O4S/c1-4-6(9(14)15)8(17-12-4)11-7(13)5(10)3-16-2/h5H,3,10H2,1-2H3,(H,11,13)(H,14,15). The Morgan fingerprint density at radius 1 is 1.65 bits per heavy atom. The highest BCUT2D eigenvalue weighted by molar-refractivity contribution is 7.11. The number of aromatic nitrogens is 1. The highest BCUT2D eigenvalue weighted by Gasteiger charge is 2.21. The van der Waals surface area contributed by atoms with Gasteiger partial charge in [-0.3, -0.25) is 4.79 Å². The fraction of sp³-hybridized carbons (Fsp3) is 0.444. The number of carbonyl (C=O) groups is 2. The monoisotopic (exact) mass is 259 g/mol. The third-order valence-electron chi connectivity index (χ3n) is 2.00. The van der Waals surface area contributed by atoms with Gasteiger partial charge in [0.2, 0.25) is 5.91 Å². The van der Waals surface area contributed by atoms with Crippen molar-refractivity contribution in [1.29, 1.82) is 0 Å². The molecule has 0 fully saturated rings. The van der Waals surface area contributed by atoms with Crippen molar-refractivity contribution in [2.75, 3.05) is 19.0 Å². The number of carboxylic acids is 1. The molecule has 0 aliphatic heterocycles. The molecule has 0 aliphatic carbocycles. The molecule has 0 radical (unpaired) electrons. The number of ether oxygens (including phenoxy) is 1. The van der Waals surface area contributed by atoms with Crippen LogP contribution in [0.3, 0.4) is 0 Å². The summed E-state index contributed by atoms with van der Waals surface area (Å²) in [5.41, 5.74) is 5.86. The van der Waals surface area contributed by atoms with Gasteiger partial charge in [-0.1, -0.05) is 0 Å². The summed E-state index contributed by atoms with van der Waals surface area (Å²) < 4.78 is 8.60. The van der Waals surface area contributed by atoms with Crippen molar-refractivity contribution in [3.63, 3.8) is 0 Å². The molecule has 17 heavy (non-hydrogen) atoms. The van der Waals surface area contributed by atoms with Crippen molar-refractivity contribution in [3.8, 4) is 0 Å². The number of methoxy groups -OCH3 is 1. The third-order valence-corrected chi connectivity index (χ3v) is 2.85. The molecule has 1 aromatic heterocycles. The molecule has 7 nitrogen and oxygen atoms in total. The van der Waals surface area contributed by atoms with Crippen LogP contribution in [-0.2, 0) is 9.53 Å². The molecule has 1 aromatic rings. The highest BCUT2D eigenvalue weighted by atomic mass is 32.1. The Morgan fingerprint density at radius 3 is 2.82 bits per heavy atom. The largest absolute Gasteiger partial charge is 0.478 e. The van der Waals surface area contributed by atoms with E-state index < -0.39 is 17.9 Å². The first-order valence-corrected chi connectivity index (χ1v) is 5.49. The van der Waals surface area contributed by atoms with Gasteiger partial charge in [0.05, 0.1) is 12.3 Å². The number of anilines is 1. The second kappa shape index (κ2) is 5.71. The fourth-order valence-corrected chi connectivity index (χ4v) is 1.96. The molecule has 1 heterocycles. The van der Waals surface area contributed by atoms with Crippen molar-refractivity contribution >= 4 is 28.4 Å². The summed E-state index contributed by atoms with van der Waals surface area (Å²) in [6.07, 6.45) is 0. The van der Waals surface area contributed by atoms with Gasteiger partial charge < -0.3 is 20.9 Å². The summed E-state index contributed by atoms with van der Waals surface area (Å²) in [5.74, 6) is -1.63. The zero-order chi connectivity index (χ0) is 13.0. The van der Waals surface area contributed by atoms with Gasteiger partial charge >= 0.3 is 5.97 Å². The SMILES string of the molecule is COCC(N)C(=O)Nc1snc(C)c1C(=O)O. The molecular formula is C9H13N3O4S. The van der Waals surface area contributed by atoms with Gasteiger partial charge in [0.15, 0.2) is 0 Å². The minimum absolute atomic E-state index is 0.00651. The molecule has 0 saturated carbocycles. The summed E-state index contributed by atoms with van der Waals surface area (Å²) in [4.78, 5) is 22.5. The molecule has 1 atom stereocenters. The number of rotatable bonds is 5. The van der Waals surface area contributed by atoms with E-state index in [0.29, 0.717) is 5.69 Å². The number of amides is 1. The van der Waals surface area contributed by atoms with Crippen LogP contribution in [0.25, 0.3) is 0 Å². The van der Waals surface area contributed by atoms with Crippen LogP contribution in [0.1, 0.15) is 16.1 Å². The molecule has 0 spiro atoms. The smallest absolute Gasteiger partial charge is 0.340 e. The van der Waals surface area contributed by atoms with E-state index in [1.165, 1.54) is 7.11 Å². The molecule has 94 valence electrons. The Morgan fingerprint density at radius 2 is 2.29 bits per heavy atom. The molecule has 1 rings (SSSR count). The Kier molecular flexibility index (Phi) is 4.55. The summed E-state index contributed by atoms with van der Waals surface area (Å²) >= 11 is 0.909. The number of nitrogens with one attached hydrogen (secondary N) is 1. The van der Waals surface area contributed by atoms with E-state index in [0.717, 1.165) is 11.5 Å². The number of carboxylic acid groups (broad SMARTS) is 1. The van der Waals surface area contributed by atoms with E-state index >= 15 is 0 Å². The minimum Gasteiger partial charge on any atom is -0.478 e. The first-order chi connectivity index (χ1) is 7.97. The zero-order valence-electron chi connectivity index (χ0n) is 9.39. The van der Waals surface area contributed by atoms with E-state index in [1.807, 2.05) is 0 Å². The van der Waals surface area contributed by atoms with Gasteiger partial charge in [-0.25, -0.2) is 4.79 Å². The minimum atomic E-state index is -1.13. The van der Waals surface area contributed by atoms with E-state index in [1.54, 1.807) is 6.92 Å². The molecule has 0 bridgehead atoms. The Labute approximate surface area is 102 Å². The molecular weight excluding hydrogens is 246 g/mol. The maximum Gasteiger partial charge on any atom is 0.340 e. The van der Waals surface area contributed by atoms with Crippen LogP contribution in [0.5, 0.6) is 0 Å². The van der Waals surface area contributed by atoms with Crippen molar-refractivity contribution in [2.24, 2.45) is 5.73 Å². The summed E-state index contributed by atoms with van der Waals surface area (Å²) in [5, 5.41) is 11.6. The topological polar surface area (TPSA) is 115 Å². The van der Waals surface area contributed by atoms with Gasteiger partial charge in [0.1, 0.15) is 16.6 Å². The second-order valence-corrected chi connectivity index (χ2v) is 4.10. The van der Waals surface area contributed by atoms with Crippen LogP contribution in [-0.4, -0.2) is 41.1 Å². The molecule has 0 aromatic carbocycles. The predicted molar refractivity (Wildman–Crippen MR) is 62.3 cm³/mol. The average molecular weight is 259 g/mol. The fourth-order valence-electron chi connectivity index (χ4n) is 1.17. The molecule has 0 aliphatic rings. The second-order valence-electron chi connectivity index (χ2n) is 3.33. The van der Waals surface area contributed by atoms with Gasteiger partial charge in [-0.15, -0.1) is 0 Å². The molecule has 1 unspecified atom stereocenters. The van der Waals surface area contributed by atoms with Gasteiger partial charge in [0, 0.05) is 7.11 Å². The van der Waals surface area contributed by atoms with Crippen molar-refractivity contribution in [1.82, 2.24) is 4.37 Å². The number of carbonyl (C=O) groups excluding carboxylic acids is 1. The first-order valence-electron chi connectivity index (χ1n) is 4.72. The van der Waals surface area contributed by atoms with Crippen molar-refractivity contribution in [2.45, 2.75) is 13.0 Å². The number of hydrogen-bond donors (Lipinski definition) is 3. The number of nitrogens with two attached hydrogens (primary N) is 1. The van der Waals surface area contributed by atoms with Crippen molar-refractivity contribution < 1.29 is 19.4 Å². The summed E-state index contributed by atoms with van der Waals surface area (Å²) in [7, 11) is 1.42. The number of nitrogens with zero attached hydrogens (tertiary/aromatic N) is 1. The summed E-state index contributed by atoms with van der Waals surface area (Å²) in [6.45, 7) is 1.62. The lowest BCUT2D eigenvalue weighted by atomic mass is 10.2. The lowest BCUT2D eigenvalue weighted by Crippen LogP contribution is -2.39. The van der Waals surface area contributed by atoms with E-state index in [-0.39, 0.29) is 17.2 Å². The predicted octanol–water partition coefficient (Wildman–Crippen LogP) is 0.0619.